The predicted molar refractivity (Wildman–Crippen MR) is 79.2 cm³/mol. The van der Waals surface area contributed by atoms with Gasteiger partial charge in [-0.2, -0.15) is 0 Å². The van der Waals surface area contributed by atoms with Crippen LogP contribution in [0.15, 0.2) is 35.2 Å². The standard InChI is InChI=1S/C13H14NO6PS/c15-11-7-6-10(13(17)20-21)14(11)12(16)8-22(18,19)9-4-2-1-3-5-9/h1-5,10H,6-8,21H2. The number of sulfone groups is 1. The Bertz CT molecular complexity index is 703. The highest BCUT2D eigenvalue weighted by molar-refractivity contribution is 7.92. The van der Waals surface area contributed by atoms with Gasteiger partial charge in [-0.05, 0) is 18.6 Å². The fraction of sp³-hybridized carbons (Fsp3) is 0.308. The molecule has 0 radical (unpaired) electrons. The van der Waals surface area contributed by atoms with E-state index in [1.807, 2.05) is 0 Å². The average molecular weight is 343 g/mol. The van der Waals surface area contributed by atoms with Crippen LogP contribution in [0.2, 0.25) is 0 Å². The van der Waals surface area contributed by atoms with Crippen molar-refractivity contribution in [1.82, 2.24) is 4.90 Å². The lowest BCUT2D eigenvalue weighted by molar-refractivity contribution is -0.150. The third-order valence-corrected chi connectivity index (χ3v) is 5.13. The van der Waals surface area contributed by atoms with E-state index < -0.39 is 39.4 Å². The van der Waals surface area contributed by atoms with E-state index in [2.05, 4.69) is 4.52 Å². The van der Waals surface area contributed by atoms with Crippen LogP contribution in [0.4, 0.5) is 0 Å². The average Bonchev–Trinajstić information content (AvgIpc) is 2.89. The Morgan fingerprint density at radius 2 is 1.91 bits per heavy atom. The first-order chi connectivity index (χ1) is 10.4. The minimum Gasteiger partial charge on any atom is -0.450 e. The molecule has 7 nitrogen and oxygen atoms in total. The van der Waals surface area contributed by atoms with Crippen LogP contribution < -0.4 is 0 Å². The third-order valence-electron chi connectivity index (χ3n) is 3.28. The minimum absolute atomic E-state index is 0.00155. The molecule has 1 aliphatic heterocycles. The Balaban J connectivity index is 2.21. The van der Waals surface area contributed by atoms with Crippen molar-refractivity contribution in [3.05, 3.63) is 30.3 Å². The smallest absolute Gasteiger partial charge is 0.331 e. The predicted octanol–water partition coefficient (Wildman–Crippen LogP) is 0.311. The van der Waals surface area contributed by atoms with E-state index in [-0.39, 0.29) is 17.7 Å². The van der Waals surface area contributed by atoms with Gasteiger partial charge >= 0.3 is 5.97 Å². The number of hydrogen-bond acceptors (Lipinski definition) is 6. The van der Waals surface area contributed by atoms with Crippen molar-refractivity contribution in [3.8, 4) is 0 Å². The summed E-state index contributed by atoms with van der Waals surface area (Å²) in [5.74, 6) is -3.13. The van der Waals surface area contributed by atoms with Crippen molar-refractivity contribution in [2.45, 2.75) is 23.8 Å². The van der Waals surface area contributed by atoms with Crippen molar-refractivity contribution in [1.29, 1.82) is 0 Å². The highest BCUT2D eigenvalue weighted by atomic mass is 32.2. The SMILES string of the molecule is O=C(OP)C1CCC(=O)N1C(=O)CS(=O)(=O)c1ccccc1. The minimum atomic E-state index is -3.88. The molecule has 2 unspecified atom stereocenters. The zero-order chi connectivity index (χ0) is 16.3. The Hall–Kier alpha value is -1.79. The number of rotatable bonds is 4. The Kier molecular flexibility index (Phi) is 4.93. The number of nitrogens with zero attached hydrogens (tertiary/aromatic N) is 1. The van der Waals surface area contributed by atoms with Crippen molar-refractivity contribution >= 4 is 37.1 Å². The summed E-state index contributed by atoms with van der Waals surface area (Å²) in [4.78, 5) is 36.2. The molecule has 0 spiro atoms. The maximum atomic E-state index is 12.2. The number of likely N-dealkylation sites (tertiary alicyclic amines) is 1. The summed E-state index contributed by atoms with van der Waals surface area (Å²) in [6, 6.07) is 6.38. The Morgan fingerprint density at radius 1 is 1.27 bits per heavy atom. The van der Waals surface area contributed by atoms with Gasteiger partial charge in [0.1, 0.15) is 11.8 Å². The van der Waals surface area contributed by atoms with Gasteiger partial charge in [-0.3, -0.25) is 14.5 Å². The van der Waals surface area contributed by atoms with E-state index in [9.17, 15) is 22.8 Å². The third kappa shape index (κ3) is 3.34. The van der Waals surface area contributed by atoms with Gasteiger partial charge in [-0.25, -0.2) is 13.2 Å². The zero-order valence-corrected chi connectivity index (χ0v) is 13.4. The van der Waals surface area contributed by atoms with Gasteiger partial charge < -0.3 is 4.52 Å². The molecule has 0 saturated carbocycles. The quantitative estimate of drug-likeness (QED) is 0.730. The number of carbonyl (C=O) groups excluding carboxylic acids is 3. The van der Waals surface area contributed by atoms with Gasteiger partial charge in [0.25, 0.3) is 0 Å². The lowest BCUT2D eigenvalue weighted by atomic mass is 10.2. The number of benzene rings is 1. The molecule has 1 aliphatic rings. The molecule has 118 valence electrons. The van der Waals surface area contributed by atoms with Crippen LogP contribution in [0.3, 0.4) is 0 Å². The molecule has 1 fully saturated rings. The normalized spacial score (nSPS) is 18.3. The number of amides is 2. The second-order valence-electron chi connectivity index (χ2n) is 4.72. The fourth-order valence-corrected chi connectivity index (χ4v) is 3.60. The molecular formula is C13H14NO6PS. The van der Waals surface area contributed by atoms with E-state index in [0.29, 0.717) is 4.90 Å². The Morgan fingerprint density at radius 3 is 2.50 bits per heavy atom. The summed E-state index contributed by atoms with van der Waals surface area (Å²) in [5.41, 5.74) is 0. The maximum Gasteiger partial charge on any atom is 0.331 e. The van der Waals surface area contributed by atoms with Crippen LogP contribution in [-0.4, -0.2) is 42.9 Å². The first kappa shape index (κ1) is 16.6. The first-order valence-corrected chi connectivity index (χ1v) is 8.52. The van der Waals surface area contributed by atoms with Crippen LogP contribution in [0, 0.1) is 0 Å². The molecular weight excluding hydrogens is 329 g/mol. The topological polar surface area (TPSA) is 97.8 Å². The Labute approximate surface area is 129 Å². The molecule has 0 bridgehead atoms. The lowest BCUT2D eigenvalue weighted by Crippen LogP contribution is -2.45. The number of imide groups is 1. The zero-order valence-electron chi connectivity index (χ0n) is 11.5. The molecule has 0 aromatic heterocycles. The van der Waals surface area contributed by atoms with E-state index in [1.54, 1.807) is 15.5 Å². The summed E-state index contributed by atoms with van der Waals surface area (Å²) in [5, 5.41) is 0. The second-order valence-corrected chi connectivity index (χ2v) is 6.95. The van der Waals surface area contributed by atoms with Gasteiger partial charge in [-0.15, -0.1) is 0 Å². The molecule has 1 aromatic carbocycles. The fourth-order valence-electron chi connectivity index (χ4n) is 2.24. The molecule has 9 heteroatoms. The van der Waals surface area contributed by atoms with Gasteiger partial charge in [0.05, 0.1) is 14.4 Å². The van der Waals surface area contributed by atoms with Crippen molar-refractivity contribution in [2.24, 2.45) is 0 Å². The molecule has 2 rings (SSSR count). The molecule has 1 aromatic rings. The van der Waals surface area contributed by atoms with Crippen molar-refractivity contribution in [2.75, 3.05) is 5.75 Å². The van der Waals surface area contributed by atoms with Crippen molar-refractivity contribution in [3.63, 3.8) is 0 Å². The van der Waals surface area contributed by atoms with E-state index in [4.69, 9.17) is 0 Å². The van der Waals surface area contributed by atoms with Gasteiger partial charge in [0.2, 0.25) is 11.8 Å². The molecule has 0 N–H and O–H groups in total. The summed E-state index contributed by atoms with van der Waals surface area (Å²) in [6.45, 7) is 0. The molecule has 1 saturated heterocycles. The van der Waals surface area contributed by atoms with Crippen molar-refractivity contribution < 1.29 is 27.3 Å². The van der Waals surface area contributed by atoms with Gasteiger partial charge in [0.15, 0.2) is 9.84 Å². The van der Waals surface area contributed by atoms with Crippen LogP contribution in [-0.2, 0) is 28.7 Å². The van der Waals surface area contributed by atoms with Gasteiger partial charge in [0, 0.05) is 6.42 Å². The van der Waals surface area contributed by atoms with Crippen LogP contribution in [0.1, 0.15) is 12.8 Å². The summed E-state index contributed by atoms with van der Waals surface area (Å²) < 4.78 is 28.8. The highest BCUT2D eigenvalue weighted by Gasteiger charge is 2.42. The van der Waals surface area contributed by atoms with E-state index in [1.165, 1.54) is 24.3 Å². The maximum absolute atomic E-state index is 12.2. The summed E-state index contributed by atoms with van der Waals surface area (Å²) in [7, 11) is -2.13. The lowest BCUT2D eigenvalue weighted by Gasteiger charge is -2.20. The van der Waals surface area contributed by atoms with Crippen LogP contribution in [0.25, 0.3) is 0 Å². The van der Waals surface area contributed by atoms with Crippen LogP contribution >= 0.6 is 9.47 Å². The summed E-state index contributed by atoms with van der Waals surface area (Å²) >= 11 is 0. The largest absolute Gasteiger partial charge is 0.450 e. The molecule has 0 aliphatic carbocycles. The highest BCUT2D eigenvalue weighted by Crippen LogP contribution is 2.22. The number of carbonyl (C=O) groups is 3. The van der Waals surface area contributed by atoms with E-state index in [0.717, 1.165) is 0 Å². The summed E-state index contributed by atoms with van der Waals surface area (Å²) in [6.07, 6.45) is 0.130. The van der Waals surface area contributed by atoms with Gasteiger partial charge in [-0.1, -0.05) is 18.2 Å². The molecule has 1 heterocycles. The first-order valence-electron chi connectivity index (χ1n) is 6.40. The van der Waals surface area contributed by atoms with Crippen LogP contribution in [0.5, 0.6) is 0 Å². The van der Waals surface area contributed by atoms with E-state index >= 15 is 0 Å². The molecule has 2 atom stereocenters. The molecule has 2 amide bonds. The monoisotopic (exact) mass is 343 g/mol. The number of hydrogen-bond donors (Lipinski definition) is 0. The molecule has 22 heavy (non-hydrogen) atoms. The second kappa shape index (κ2) is 6.54.